The third-order valence-corrected chi connectivity index (χ3v) is 8.01. The predicted octanol–water partition coefficient (Wildman–Crippen LogP) is 6.03. The van der Waals surface area contributed by atoms with Crippen molar-refractivity contribution >= 4 is 44.5 Å². The Morgan fingerprint density at radius 3 is 2.62 bits per heavy atom. The standard InChI is InChI=1S/C23H25ClF2N4O2S2/c1-15(17-9-16(5-6-19(17)25)12-30-7-3-2-4-8-30)28-21-11-20(26)22(10-18(21)24)34(31,32)29-23-13-33-14-27-23/h5-6,9-11,13-15,28-29H,2-4,7-8,12H2,1H3/t15-/m0/s1. The van der Waals surface area contributed by atoms with Gasteiger partial charge in [0.05, 0.1) is 22.3 Å². The largest absolute Gasteiger partial charge is 0.377 e. The Labute approximate surface area is 207 Å². The Bertz CT molecular complexity index is 1250. The van der Waals surface area contributed by atoms with Gasteiger partial charge in [0.1, 0.15) is 16.5 Å². The van der Waals surface area contributed by atoms with Crippen LogP contribution in [0, 0.1) is 11.6 Å². The van der Waals surface area contributed by atoms with E-state index in [9.17, 15) is 17.2 Å². The number of hydrogen-bond donors (Lipinski definition) is 2. The molecule has 1 aliphatic rings. The molecule has 0 radical (unpaired) electrons. The van der Waals surface area contributed by atoms with Crippen molar-refractivity contribution in [1.82, 2.24) is 9.88 Å². The minimum Gasteiger partial charge on any atom is -0.377 e. The number of sulfonamides is 1. The molecule has 3 aromatic rings. The molecule has 1 aliphatic heterocycles. The highest BCUT2D eigenvalue weighted by atomic mass is 35.5. The van der Waals surface area contributed by atoms with Crippen LogP contribution >= 0.6 is 22.9 Å². The number of thiazole rings is 1. The van der Waals surface area contributed by atoms with Crippen molar-refractivity contribution in [2.75, 3.05) is 23.1 Å². The third kappa shape index (κ3) is 5.86. The van der Waals surface area contributed by atoms with Gasteiger partial charge in [0.15, 0.2) is 5.82 Å². The van der Waals surface area contributed by atoms with Crippen molar-refractivity contribution in [3.05, 3.63) is 69.0 Å². The molecule has 0 unspecified atom stereocenters. The first-order valence-electron chi connectivity index (χ1n) is 10.9. The van der Waals surface area contributed by atoms with E-state index in [0.29, 0.717) is 5.56 Å². The number of nitrogens with one attached hydrogen (secondary N) is 2. The van der Waals surface area contributed by atoms with Crippen LogP contribution in [-0.2, 0) is 16.6 Å². The van der Waals surface area contributed by atoms with Crippen LogP contribution in [-0.4, -0.2) is 31.4 Å². The average molecular weight is 527 g/mol. The summed E-state index contributed by atoms with van der Waals surface area (Å²) in [4.78, 5) is 5.60. The molecule has 1 fully saturated rings. The van der Waals surface area contributed by atoms with Crippen molar-refractivity contribution in [2.24, 2.45) is 0 Å². The van der Waals surface area contributed by atoms with E-state index in [-0.39, 0.29) is 22.3 Å². The van der Waals surface area contributed by atoms with Gasteiger partial charge >= 0.3 is 0 Å². The van der Waals surface area contributed by atoms with E-state index >= 15 is 0 Å². The summed E-state index contributed by atoms with van der Waals surface area (Å²) in [6.07, 6.45) is 3.58. The van der Waals surface area contributed by atoms with E-state index in [1.165, 1.54) is 47.6 Å². The maximum absolute atomic E-state index is 14.8. The molecule has 1 saturated heterocycles. The molecule has 0 aliphatic carbocycles. The first kappa shape index (κ1) is 24.8. The van der Waals surface area contributed by atoms with Crippen molar-refractivity contribution in [3.8, 4) is 0 Å². The van der Waals surface area contributed by atoms with Gasteiger partial charge in [-0.15, -0.1) is 11.3 Å². The van der Waals surface area contributed by atoms with Gasteiger partial charge in [-0.05, 0) is 62.7 Å². The van der Waals surface area contributed by atoms with E-state index < -0.39 is 26.8 Å². The summed E-state index contributed by atoms with van der Waals surface area (Å²) in [6, 6.07) is 6.53. The lowest BCUT2D eigenvalue weighted by molar-refractivity contribution is 0.221. The molecule has 1 aromatic heterocycles. The lowest BCUT2D eigenvalue weighted by Gasteiger charge is -2.27. The Balaban J connectivity index is 1.52. The first-order valence-corrected chi connectivity index (χ1v) is 13.7. The highest BCUT2D eigenvalue weighted by Gasteiger charge is 2.23. The summed E-state index contributed by atoms with van der Waals surface area (Å²) in [5.41, 5.74) is 3.04. The van der Waals surface area contributed by atoms with Gasteiger partial charge in [0, 0.05) is 17.5 Å². The molecule has 0 spiro atoms. The fourth-order valence-electron chi connectivity index (χ4n) is 4.01. The quantitative estimate of drug-likeness (QED) is 0.374. The second kappa shape index (κ2) is 10.6. The molecule has 2 heterocycles. The van der Waals surface area contributed by atoms with Crippen LogP contribution in [0.15, 0.2) is 46.1 Å². The van der Waals surface area contributed by atoms with Gasteiger partial charge in [-0.1, -0.05) is 24.1 Å². The zero-order chi connectivity index (χ0) is 24.3. The number of rotatable bonds is 8. The van der Waals surface area contributed by atoms with Crippen LogP contribution in [0.25, 0.3) is 0 Å². The maximum atomic E-state index is 14.8. The van der Waals surface area contributed by atoms with E-state index in [1.807, 2.05) is 6.07 Å². The van der Waals surface area contributed by atoms with Crippen molar-refractivity contribution in [3.63, 3.8) is 0 Å². The number of nitrogens with zero attached hydrogens (tertiary/aromatic N) is 2. The topological polar surface area (TPSA) is 74.3 Å². The molecule has 0 saturated carbocycles. The van der Waals surface area contributed by atoms with Crippen LogP contribution < -0.4 is 10.0 Å². The molecule has 0 amide bonds. The summed E-state index contributed by atoms with van der Waals surface area (Å²) < 4.78 is 56.7. The van der Waals surface area contributed by atoms with E-state index in [0.717, 1.165) is 37.3 Å². The normalized spacial score (nSPS) is 15.8. The zero-order valence-electron chi connectivity index (χ0n) is 18.5. The summed E-state index contributed by atoms with van der Waals surface area (Å²) >= 11 is 7.49. The Hall–Kier alpha value is -2.27. The SMILES string of the molecule is C[C@H](Nc1cc(F)c(S(=O)(=O)Nc2cscn2)cc1Cl)c1cc(CN2CCCCC2)ccc1F. The monoisotopic (exact) mass is 526 g/mol. The minimum absolute atomic E-state index is 0.00298. The highest BCUT2D eigenvalue weighted by Crippen LogP contribution is 2.32. The van der Waals surface area contributed by atoms with E-state index in [4.69, 9.17) is 11.6 Å². The molecule has 11 heteroatoms. The van der Waals surface area contributed by atoms with Crippen LogP contribution in [0.1, 0.15) is 43.4 Å². The predicted molar refractivity (Wildman–Crippen MR) is 132 cm³/mol. The summed E-state index contributed by atoms with van der Waals surface area (Å²) in [5.74, 6) is -1.27. The number of aromatic nitrogens is 1. The number of hydrogen-bond acceptors (Lipinski definition) is 6. The fraction of sp³-hybridized carbons (Fsp3) is 0.348. The van der Waals surface area contributed by atoms with Crippen LogP contribution in [0.5, 0.6) is 0 Å². The van der Waals surface area contributed by atoms with Gasteiger partial charge in [0.25, 0.3) is 10.0 Å². The Kier molecular flexibility index (Phi) is 7.71. The fourth-order valence-corrected chi connectivity index (χ4v) is 5.94. The van der Waals surface area contributed by atoms with Crippen molar-refractivity contribution in [2.45, 2.75) is 43.7 Å². The van der Waals surface area contributed by atoms with E-state index in [1.54, 1.807) is 13.0 Å². The van der Waals surface area contributed by atoms with Gasteiger partial charge in [-0.25, -0.2) is 22.2 Å². The molecule has 2 aromatic carbocycles. The van der Waals surface area contributed by atoms with Crippen molar-refractivity contribution in [1.29, 1.82) is 0 Å². The molecule has 6 nitrogen and oxygen atoms in total. The zero-order valence-corrected chi connectivity index (χ0v) is 20.9. The van der Waals surface area contributed by atoms with Gasteiger partial charge < -0.3 is 5.32 Å². The summed E-state index contributed by atoms with van der Waals surface area (Å²) in [6.45, 7) is 4.55. The molecular weight excluding hydrogens is 502 g/mol. The number of halogens is 3. The molecule has 2 N–H and O–H groups in total. The smallest absolute Gasteiger partial charge is 0.266 e. The molecule has 4 rings (SSSR count). The lowest BCUT2D eigenvalue weighted by atomic mass is 10.0. The molecular formula is C23H25ClF2N4O2S2. The van der Waals surface area contributed by atoms with Crippen LogP contribution in [0.4, 0.5) is 20.3 Å². The van der Waals surface area contributed by atoms with Crippen LogP contribution in [0.3, 0.4) is 0 Å². The minimum atomic E-state index is -4.22. The van der Waals surface area contributed by atoms with Gasteiger partial charge in [-0.2, -0.15) is 0 Å². The van der Waals surface area contributed by atoms with Crippen LogP contribution in [0.2, 0.25) is 5.02 Å². The number of likely N-dealkylation sites (tertiary alicyclic amines) is 1. The van der Waals surface area contributed by atoms with Gasteiger partial charge in [0.2, 0.25) is 0 Å². The van der Waals surface area contributed by atoms with Gasteiger partial charge in [-0.3, -0.25) is 9.62 Å². The molecule has 34 heavy (non-hydrogen) atoms. The Morgan fingerprint density at radius 2 is 1.91 bits per heavy atom. The van der Waals surface area contributed by atoms with E-state index in [2.05, 4.69) is 19.9 Å². The lowest BCUT2D eigenvalue weighted by Crippen LogP contribution is -2.29. The second-order valence-electron chi connectivity index (χ2n) is 8.30. The van der Waals surface area contributed by atoms with Crippen molar-refractivity contribution < 1.29 is 17.2 Å². The number of piperidine rings is 1. The first-order chi connectivity index (χ1) is 16.2. The third-order valence-electron chi connectivity index (χ3n) is 5.74. The molecule has 182 valence electrons. The highest BCUT2D eigenvalue weighted by molar-refractivity contribution is 7.92. The summed E-state index contributed by atoms with van der Waals surface area (Å²) in [7, 11) is -4.22. The summed E-state index contributed by atoms with van der Waals surface area (Å²) in [5, 5.41) is 4.50. The maximum Gasteiger partial charge on any atom is 0.266 e. The molecule has 1 atom stereocenters. The number of anilines is 2. The average Bonchev–Trinajstić information content (AvgIpc) is 3.30. The second-order valence-corrected chi connectivity index (χ2v) is 11.1. The number of benzene rings is 2. The molecule has 0 bridgehead atoms. The Morgan fingerprint density at radius 1 is 1.15 bits per heavy atom.